The molecule has 4 nitrogen and oxygen atoms in total. The quantitative estimate of drug-likeness (QED) is 0.821. The molecule has 0 unspecified atom stereocenters. The number of carbonyl (C=O) groups excluding carboxylic acids is 1. The number of hydrogen-bond acceptors (Lipinski definition) is 3. The number of amides is 1. The van der Waals surface area contributed by atoms with E-state index in [0.29, 0.717) is 6.67 Å². The maximum Gasteiger partial charge on any atom is 0.247 e. The Morgan fingerprint density at radius 1 is 0.900 bits per heavy atom. The Kier molecular flexibility index (Phi) is 5.35. The minimum absolute atomic E-state index is 0.0980. The Balaban J connectivity index is 1.53. The monoisotopic (exact) mass is 409 g/mol. The molecule has 5 heteroatoms. The van der Waals surface area contributed by atoms with Gasteiger partial charge in [-0.25, -0.2) is 4.39 Å². The molecule has 2 heterocycles. The average molecular weight is 410 g/mol. The molecule has 160 valence electrons. The maximum atomic E-state index is 13.4. The molecule has 2 aromatic rings. The van der Waals surface area contributed by atoms with Crippen molar-refractivity contribution in [3.8, 4) is 0 Å². The van der Waals surface area contributed by atoms with Gasteiger partial charge in [0.05, 0.1) is 6.67 Å². The lowest BCUT2D eigenvalue weighted by molar-refractivity contribution is -0.125. The van der Waals surface area contributed by atoms with Gasteiger partial charge in [-0.3, -0.25) is 9.69 Å². The van der Waals surface area contributed by atoms with Crippen LogP contribution in [0.5, 0.6) is 0 Å². The molecular formula is C25H32FN3O. The third-order valence-electron chi connectivity index (χ3n) is 7.70. The number of carbonyl (C=O) groups is 1. The summed E-state index contributed by atoms with van der Waals surface area (Å²) in [4.78, 5) is 17.5. The lowest BCUT2D eigenvalue weighted by atomic mass is 9.84. The van der Waals surface area contributed by atoms with Gasteiger partial charge in [-0.05, 0) is 105 Å². The van der Waals surface area contributed by atoms with E-state index in [2.05, 4.69) is 49.7 Å². The van der Waals surface area contributed by atoms with E-state index in [1.165, 1.54) is 45.5 Å². The Labute approximate surface area is 179 Å². The van der Waals surface area contributed by atoms with Crippen molar-refractivity contribution in [3.63, 3.8) is 0 Å². The van der Waals surface area contributed by atoms with Gasteiger partial charge < -0.3 is 10.2 Å². The fraction of sp³-hybridized carbons (Fsp3) is 0.480. The largest absolute Gasteiger partial charge is 0.339 e. The van der Waals surface area contributed by atoms with Gasteiger partial charge in [0.15, 0.2) is 0 Å². The molecular weight excluding hydrogens is 377 g/mol. The van der Waals surface area contributed by atoms with E-state index in [1.807, 2.05) is 0 Å². The van der Waals surface area contributed by atoms with Gasteiger partial charge >= 0.3 is 0 Å². The topological polar surface area (TPSA) is 35.6 Å². The summed E-state index contributed by atoms with van der Waals surface area (Å²) in [7, 11) is 0. The highest BCUT2D eigenvalue weighted by molar-refractivity contribution is 5.93. The summed E-state index contributed by atoms with van der Waals surface area (Å²) < 4.78 is 13.4. The van der Waals surface area contributed by atoms with Crippen LogP contribution in [-0.2, 0) is 11.3 Å². The number of benzene rings is 2. The first-order valence-corrected chi connectivity index (χ1v) is 10.8. The van der Waals surface area contributed by atoms with Crippen molar-refractivity contribution in [1.82, 2.24) is 10.2 Å². The van der Waals surface area contributed by atoms with Crippen molar-refractivity contribution in [2.45, 2.75) is 59.5 Å². The van der Waals surface area contributed by atoms with Crippen molar-refractivity contribution in [3.05, 3.63) is 63.5 Å². The van der Waals surface area contributed by atoms with E-state index in [9.17, 15) is 9.18 Å². The molecule has 0 atom stereocenters. The number of nitrogens with zero attached hydrogens (tertiary/aromatic N) is 2. The fourth-order valence-electron chi connectivity index (χ4n) is 5.17. The van der Waals surface area contributed by atoms with Crippen LogP contribution in [0, 0.1) is 40.4 Å². The van der Waals surface area contributed by atoms with Crippen LogP contribution in [0.4, 0.5) is 10.1 Å². The molecule has 2 aromatic carbocycles. The molecule has 30 heavy (non-hydrogen) atoms. The smallest absolute Gasteiger partial charge is 0.247 e. The Bertz CT molecular complexity index is 946. The van der Waals surface area contributed by atoms with E-state index in [4.69, 9.17) is 0 Å². The fourth-order valence-corrected chi connectivity index (χ4v) is 5.17. The maximum absolute atomic E-state index is 13.4. The average Bonchev–Trinajstić information content (AvgIpc) is 3.06. The van der Waals surface area contributed by atoms with E-state index < -0.39 is 5.54 Å². The summed E-state index contributed by atoms with van der Waals surface area (Å²) in [5.41, 5.74) is 8.75. The minimum atomic E-state index is -0.530. The van der Waals surface area contributed by atoms with Gasteiger partial charge in [0.2, 0.25) is 5.91 Å². The molecule has 0 radical (unpaired) electrons. The minimum Gasteiger partial charge on any atom is -0.339 e. The van der Waals surface area contributed by atoms with Crippen molar-refractivity contribution in [1.29, 1.82) is 0 Å². The second kappa shape index (κ2) is 7.69. The molecule has 2 fully saturated rings. The standard InChI is InChI=1S/C25H32FN3O/c1-16-17(2)19(4)23(20(5)18(16)3)14-28-12-10-25(11-13-28)24(30)27-15-29(25)22-8-6-21(26)7-9-22/h6-9H,10-15H2,1-5H3,(H,27,30). The van der Waals surface area contributed by atoms with Crippen LogP contribution in [0.3, 0.4) is 0 Å². The lowest BCUT2D eigenvalue weighted by Crippen LogP contribution is -2.56. The van der Waals surface area contributed by atoms with E-state index in [0.717, 1.165) is 38.2 Å². The summed E-state index contributed by atoms with van der Waals surface area (Å²) in [6.07, 6.45) is 1.55. The molecule has 1 spiro atoms. The van der Waals surface area contributed by atoms with E-state index >= 15 is 0 Å². The second-order valence-electron chi connectivity index (χ2n) is 8.98. The molecule has 0 bridgehead atoms. The number of nitrogens with one attached hydrogen (secondary N) is 1. The van der Waals surface area contributed by atoms with Crippen LogP contribution in [0.25, 0.3) is 0 Å². The first kappa shape index (κ1) is 20.9. The van der Waals surface area contributed by atoms with E-state index in [1.54, 1.807) is 12.1 Å². The Hall–Kier alpha value is -2.40. The van der Waals surface area contributed by atoms with Crippen molar-refractivity contribution in [2.75, 3.05) is 24.7 Å². The predicted molar refractivity (Wildman–Crippen MR) is 119 cm³/mol. The number of halogens is 1. The van der Waals surface area contributed by atoms with Crippen LogP contribution >= 0.6 is 0 Å². The Morgan fingerprint density at radius 3 is 2.00 bits per heavy atom. The van der Waals surface area contributed by atoms with Gasteiger partial charge in [-0.2, -0.15) is 0 Å². The van der Waals surface area contributed by atoms with Crippen molar-refractivity contribution < 1.29 is 9.18 Å². The van der Waals surface area contributed by atoms with Crippen LogP contribution in [-0.4, -0.2) is 36.1 Å². The molecule has 1 amide bonds. The first-order valence-electron chi connectivity index (χ1n) is 10.8. The van der Waals surface area contributed by atoms with Crippen LogP contribution in [0.2, 0.25) is 0 Å². The molecule has 4 rings (SSSR count). The normalized spacial score (nSPS) is 18.9. The summed E-state index contributed by atoms with van der Waals surface area (Å²) in [6.45, 7) is 14.3. The molecule has 2 saturated heterocycles. The zero-order chi connectivity index (χ0) is 21.6. The SMILES string of the molecule is Cc1c(C)c(C)c(CN2CCC3(CC2)C(=O)NCN3c2ccc(F)cc2)c(C)c1C. The summed E-state index contributed by atoms with van der Waals surface area (Å²) in [6, 6.07) is 6.48. The van der Waals surface area contributed by atoms with Gasteiger partial charge in [0.25, 0.3) is 0 Å². The zero-order valence-corrected chi connectivity index (χ0v) is 18.7. The van der Waals surface area contributed by atoms with Crippen molar-refractivity contribution >= 4 is 11.6 Å². The number of likely N-dealkylation sites (tertiary alicyclic amines) is 1. The highest BCUT2D eigenvalue weighted by Gasteiger charge is 2.50. The van der Waals surface area contributed by atoms with Crippen molar-refractivity contribution in [2.24, 2.45) is 0 Å². The van der Waals surface area contributed by atoms with Crippen LogP contribution in [0.1, 0.15) is 46.2 Å². The van der Waals surface area contributed by atoms with E-state index in [-0.39, 0.29) is 11.7 Å². The van der Waals surface area contributed by atoms with Gasteiger partial charge in [0, 0.05) is 25.3 Å². The second-order valence-corrected chi connectivity index (χ2v) is 8.98. The number of anilines is 1. The Morgan fingerprint density at radius 2 is 1.43 bits per heavy atom. The number of piperidine rings is 1. The summed E-state index contributed by atoms with van der Waals surface area (Å²) in [5.74, 6) is -0.156. The molecule has 0 aliphatic carbocycles. The van der Waals surface area contributed by atoms with Crippen LogP contribution in [0.15, 0.2) is 24.3 Å². The highest BCUT2D eigenvalue weighted by atomic mass is 19.1. The summed E-state index contributed by atoms with van der Waals surface area (Å²) >= 11 is 0. The summed E-state index contributed by atoms with van der Waals surface area (Å²) in [5, 5.41) is 3.02. The van der Waals surface area contributed by atoms with Gasteiger partial charge in [-0.1, -0.05) is 0 Å². The number of hydrogen-bond donors (Lipinski definition) is 1. The first-order chi connectivity index (χ1) is 14.2. The molecule has 1 N–H and O–H groups in total. The third-order valence-corrected chi connectivity index (χ3v) is 7.70. The number of rotatable bonds is 3. The molecule has 0 aromatic heterocycles. The molecule has 2 aliphatic heterocycles. The van der Waals surface area contributed by atoms with Gasteiger partial charge in [0.1, 0.15) is 11.4 Å². The van der Waals surface area contributed by atoms with Gasteiger partial charge in [-0.15, -0.1) is 0 Å². The predicted octanol–water partition coefficient (Wildman–Crippen LogP) is 4.30. The highest BCUT2D eigenvalue weighted by Crippen LogP contribution is 2.37. The third kappa shape index (κ3) is 3.29. The molecule has 2 aliphatic rings. The lowest BCUT2D eigenvalue weighted by Gasteiger charge is -2.43. The zero-order valence-electron chi connectivity index (χ0n) is 18.7. The van der Waals surface area contributed by atoms with Crippen LogP contribution < -0.4 is 10.2 Å². The molecule has 0 saturated carbocycles.